The van der Waals surface area contributed by atoms with E-state index in [1.807, 2.05) is 0 Å². The SMILES string of the molecule is Cc1nc2ccc(Br)cc2c(=O)n1N=Cc1cc(Br)c(OCc2ccc(Cl)c(Cl)c2)c([N+](=O)[O-])c1. The van der Waals surface area contributed by atoms with Crippen LogP contribution in [0.3, 0.4) is 0 Å². The number of fused-ring (bicyclic) bond motifs is 1. The first-order valence-electron chi connectivity index (χ1n) is 9.92. The molecule has 0 N–H and O–H groups in total. The molecule has 0 spiro atoms. The average molecular weight is 641 g/mol. The van der Waals surface area contributed by atoms with Gasteiger partial charge in [-0.25, -0.2) is 4.98 Å². The number of aryl methyl sites for hydroxylation is 1. The Morgan fingerprint density at radius 3 is 2.63 bits per heavy atom. The lowest BCUT2D eigenvalue weighted by Gasteiger charge is -2.10. The molecule has 0 amide bonds. The Morgan fingerprint density at radius 1 is 1.14 bits per heavy atom. The number of ether oxygens (including phenoxy) is 1. The summed E-state index contributed by atoms with van der Waals surface area (Å²) >= 11 is 18.6. The van der Waals surface area contributed by atoms with Gasteiger partial charge in [-0.15, -0.1) is 0 Å². The van der Waals surface area contributed by atoms with E-state index in [2.05, 4.69) is 41.9 Å². The molecule has 0 aliphatic heterocycles. The molecule has 178 valence electrons. The molecule has 0 fully saturated rings. The molecule has 4 rings (SSSR count). The predicted molar refractivity (Wildman–Crippen MR) is 143 cm³/mol. The fourth-order valence-electron chi connectivity index (χ4n) is 3.26. The zero-order chi connectivity index (χ0) is 25.3. The van der Waals surface area contributed by atoms with Crippen molar-refractivity contribution in [3.05, 3.63) is 105 Å². The van der Waals surface area contributed by atoms with Crippen molar-refractivity contribution in [1.82, 2.24) is 9.66 Å². The molecule has 1 aromatic heterocycles. The number of hydrogen-bond acceptors (Lipinski definition) is 6. The molecule has 8 nitrogen and oxygen atoms in total. The van der Waals surface area contributed by atoms with Crippen molar-refractivity contribution < 1.29 is 9.66 Å². The van der Waals surface area contributed by atoms with Gasteiger partial charge in [0.05, 0.1) is 36.6 Å². The monoisotopic (exact) mass is 638 g/mol. The number of nitro benzene ring substituents is 1. The molecule has 1 heterocycles. The van der Waals surface area contributed by atoms with Crippen molar-refractivity contribution in [2.75, 3.05) is 0 Å². The van der Waals surface area contributed by atoms with E-state index in [-0.39, 0.29) is 23.6 Å². The van der Waals surface area contributed by atoms with Gasteiger partial charge in [-0.2, -0.15) is 9.78 Å². The third kappa shape index (κ3) is 5.56. The quantitative estimate of drug-likeness (QED) is 0.130. The van der Waals surface area contributed by atoms with Gasteiger partial charge in [0, 0.05) is 16.1 Å². The summed E-state index contributed by atoms with van der Waals surface area (Å²) in [5.74, 6) is 0.417. The number of aromatic nitrogens is 2. The molecular weight excluding hydrogens is 627 g/mol. The van der Waals surface area contributed by atoms with Gasteiger partial charge in [-0.05, 0) is 64.8 Å². The maximum absolute atomic E-state index is 12.9. The van der Waals surface area contributed by atoms with Crippen LogP contribution in [0.25, 0.3) is 10.9 Å². The Hall–Kier alpha value is -2.79. The van der Waals surface area contributed by atoms with Gasteiger partial charge in [-0.3, -0.25) is 14.9 Å². The largest absolute Gasteiger partial charge is 0.481 e. The highest BCUT2D eigenvalue weighted by atomic mass is 79.9. The van der Waals surface area contributed by atoms with Gasteiger partial charge in [0.25, 0.3) is 5.56 Å². The maximum Gasteiger partial charge on any atom is 0.312 e. The Bertz CT molecular complexity index is 1570. The highest BCUT2D eigenvalue weighted by Crippen LogP contribution is 2.37. The molecule has 35 heavy (non-hydrogen) atoms. The van der Waals surface area contributed by atoms with Crippen molar-refractivity contribution in [3.63, 3.8) is 0 Å². The van der Waals surface area contributed by atoms with Crippen LogP contribution in [0.4, 0.5) is 5.69 Å². The highest BCUT2D eigenvalue weighted by molar-refractivity contribution is 9.10. The number of hydrogen-bond donors (Lipinski definition) is 0. The molecule has 4 aromatic rings. The topological polar surface area (TPSA) is 99.6 Å². The van der Waals surface area contributed by atoms with Gasteiger partial charge in [-0.1, -0.05) is 45.2 Å². The summed E-state index contributed by atoms with van der Waals surface area (Å²) < 4.78 is 7.94. The molecule has 0 saturated carbocycles. The first-order chi connectivity index (χ1) is 16.6. The van der Waals surface area contributed by atoms with Crippen LogP contribution >= 0.6 is 55.1 Å². The Balaban J connectivity index is 1.67. The van der Waals surface area contributed by atoms with Crippen LogP contribution in [0.15, 0.2) is 67.4 Å². The van der Waals surface area contributed by atoms with Gasteiger partial charge >= 0.3 is 5.69 Å². The minimum absolute atomic E-state index is 0.0384. The summed E-state index contributed by atoms with van der Waals surface area (Å²) in [6.45, 7) is 1.69. The summed E-state index contributed by atoms with van der Waals surface area (Å²) in [5, 5.41) is 17.1. The van der Waals surface area contributed by atoms with E-state index in [1.165, 1.54) is 12.3 Å². The number of nitrogens with zero attached hydrogens (tertiary/aromatic N) is 4. The van der Waals surface area contributed by atoms with Gasteiger partial charge in [0.2, 0.25) is 5.75 Å². The number of halogens is 4. The summed E-state index contributed by atoms with van der Waals surface area (Å²) in [7, 11) is 0. The van der Waals surface area contributed by atoms with E-state index >= 15 is 0 Å². The van der Waals surface area contributed by atoms with Crippen LogP contribution in [0, 0.1) is 17.0 Å². The third-order valence-corrected chi connectivity index (χ3v) is 6.72. The first kappa shape index (κ1) is 25.3. The minimum Gasteiger partial charge on any atom is -0.481 e. The number of nitro groups is 1. The second kappa shape index (κ2) is 10.4. The molecule has 0 aliphatic rings. The van der Waals surface area contributed by atoms with Crippen LogP contribution in [-0.2, 0) is 6.61 Å². The van der Waals surface area contributed by atoms with E-state index < -0.39 is 4.92 Å². The lowest BCUT2D eigenvalue weighted by molar-refractivity contribution is -0.386. The molecule has 0 atom stereocenters. The van der Waals surface area contributed by atoms with Crippen molar-refractivity contribution in [2.45, 2.75) is 13.5 Å². The third-order valence-electron chi connectivity index (χ3n) is 4.90. The average Bonchev–Trinajstić information content (AvgIpc) is 2.80. The van der Waals surface area contributed by atoms with Gasteiger partial charge in [0.15, 0.2) is 0 Å². The first-order valence-corrected chi connectivity index (χ1v) is 12.3. The summed E-state index contributed by atoms with van der Waals surface area (Å²) in [4.78, 5) is 28.5. The van der Waals surface area contributed by atoms with Crippen molar-refractivity contribution >= 4 is 77.9 Å². The van der Waals surface area contributed by atoms with Crippen LogP contribution in [-0.4, -0.2) is 20.8 Å². The van der Waals surface area contributed by atoms with E-state index in [1.54, 1.807) is 49.4 Å². The zero-order valence-electron chi connectivity index (χ0n) is 17.8. The van der Waals surface area contributed by atoms with Crippen LogP contribution in [0.2, 0.25) is 10.0 Å². The lowest BCUT2D eigenvalue weighted by atomic mass is 10.2. The molecule has 0 saturated heterocycles. The molecule has 0 aliphatic carbocycles. The standard InChI is InChI=1S/C23H14Br2Cl2N4O4/c1-12-29-20-5-3-15(24)9-16(20)23(32)30(12)28-10-14-6-17(25)22(21(8-14)31(33)34)35-11-13-2-4-18(26)19(27)7-13/h2-10H,11H2,1H3. The Kier molecular flexibility index (Phi) is 7.56. The van der Waals surface area contributed by atoms with E-state index in [0.29, 0.717) is 42.4 Å². The number of rotatable bonds is 6. The molecule has 0 bridgehead atoms. The summed E-state index contributed by atoms with van der Waals surface area (Å²) in [5.41, 5.74) is 0.984. The van der Waals surface area contributed by atoms with E-state index in [4.69, 9.17) is 27.9 Å². The van der Waals surface area contributed by atoms with Crippen LogP contribution < -0.4 is 10.3 Å². The molecule has 3 aromatic carbocycles. The minimum atomic E-state index is -0.557. The lowest BCUT2D eigenvalue weighted by Crippen LogP contribution is -2.20. The van der Waals surface area contributed by atoms with Crippen LogP contribution in [0.1, 0.15) is 17.0 Å². The van der Waals surface area contributed by atoms with E-state index in [0.717, 1.165) is 9.15 Å². The molecule has 0 radical (unpaired) electrons. The second-order valence-corrected chi connectivity index (χ2v) is 9.91. The summed E-state index contributed by atoms with van der Waals surface area (Å²) in [6.07, 6.45) is 1.35. The van der Waals surface area contributed by atoms with Crippen molar-refractivity contribution in [3.8, 4) is 5.75 Å². The van der Waals surface area contributed by atoms with Crippen LogP contribution in [0.5, 0.6) is 5.75 Å². The second-order valence-electron chi connectivity index (χ2n) is 7.33. The molecule has 0 unspecified atom stereocenters. The molecular formula is C23H14Br2Cl2N4O4. The smallest absolute Gasteiger partial charge is 0.312 e. The van der Waals surface area contributed by atoms with Gasteiger partial charge in [0.1, 0.15) is 12.4 Å². The van der Waals surface area contributed by atoms with Crippen molar-refractivity contribution in [1.29, 1.82) is 0 Å². The Morgan fingerprint density at radius 2 is 1.91 bits per heavy atom. The zero-order valence-corrected chi connectivity index (χ0v) is 22.5. The fraction of sp³-hybridized carbons (Fsp3) is 0.0870. The van der Waals surface area contributed by atoms with E-state index in [9.17, 15) is 14.9 Å². The fourth-order valence-corrected chi connectivity index (χ4v) is 4.52. The normalized spacial score (nSPS) is 11.3. The Labute approximate surface area is 225 Å². The highest BCUT2D eigenvalue weighted by Gasteiger charge is 2.20. The molecule has 12 heteroatoms. The van der Waals surface area contributed by atoms with Gasteiger partial charge < -0.3 is 4.74 Å². The predicted octanol–water partition coefficient (Wildman–Crippen LogP) is 6.91. The van der Waals surface area contributed by atoms with Crippen molar-refractivity contribution in [2.24, 2.45) is 5.10 Å². The summed E-state index contributed by atoms with van der Waals surface area (Å²) in [6, 6.07) is 13.1. The maximum atomic E-state index is 12.9. The number of benzene rings is 3.